The molecule has 0 heterocycles. The van der Waals surface area contributed by atoms with E-state index in [0.29, 0.717) is 17.1 Å². The lowest BCUT2D eigenvalue weighted by atomic mass is 9.45. The zero-order valence-corrected chi connectivity index (χ0v) is 21.6. The third-order valence-electron chi connectivity index (χ3n) is 10.3. The van der Waals surface area contributed by atoms with Gasteiger partial charge in [0, 0.05) is 6.42 Å². The van der Waals surface area contributed by atoms with Gasteiger partial charge in [-0.25, -0.2) is 0 Å². The van der Waals surface area contributed by atoms with Crippen LogP contribution >= 0.6 is 22.6 Å². The largest absolute Gasteiger partial charge is 0.294 e. The van der Waals surface area contributed by atoms with Gasteiger partial charge < -0.3 is 0 Å². The predicted octanol–water partition coefficient (Wildman–Crippen LogP) is 8.22. The summed E-state index contributed by atoms with van der Waals surface area (Å²) in [5.41, 5.74) is 0.846. The Balaban J connectivity index is 1.51. The molecule has 0 unspecified atom stereocenters. The molecule has 0 saturated heterocycles. The minimum absolute atomic E-state index is 0.273. The molecule has 164 valence electrons. The van der Waals surface area contributed by atoms with Gasteiger partial charge in [-0.3, -0.25) is 4.79 Å². The molecular weight excluding hydrogens is 467 g/mol. The van der Waals surface area contributed by atoms with Crippen LogP contribution in [0.5, 0.6) is 0 Å². The molecular formula is C27H43IO. The van der Waals surface area contributed by atoms with Crippen molar-refractivity contribution in [1.82, 2.24) is 0 Å². The zero-order chi connectivity index (χ0) is 21.0. The second kappa shape index (κ2) is 8.24. The number of rotatable bonds is 5. The normalized spacial score (nSPS) is 45.4. The number of carbonyl (C=O) groups excluding carboxylic acids is 1. The van der Waals surface area contributed by atoms with E-state index in [1.165, 1.54) is 57.8 Å². The van der Waals surface area contributed by atoms with Gasteiger partial charge in [0.15, 0.2) is 5.78 Å². The Morgan fingerprint density at radius 3 is 2.52 bits per heavy atom. The highest BCUT2D eigenvalue weighted by atomic mass is 127. The highest BCUT2D eigenvalue weighted by Gasteiger charge is 2.60. The maximum absolute atomic E-state index is 12.4. The summed E-state index contributed by atoms with van der Waals surface area (Å²) in [5, 5.41) is 0. The van der Waals surface area contributed by atoms with Crippen molar-refractivity contribution in [2.75, 3.05) is 0 Å². The fourth-order valence-electron chi connectivity index (χ4n) is 8.72. The van der Waals surface area contributed by atoms with Crippen LogP contribution in [0.25, 0.3) is 0 Å². The van der Waals surface area contributed by atoms with Gasteiger partial charge in [-0.2, -0.15) is 0 Å². The van der Waals surface area contributed by atoms with Crippen LogP contribution in [0.3, 0.4) is 0 Å². The first-order chi connectivity index (χ1) is 13.7. The van der Waals surface area contributed by atoms with Crippen molar-refractivity contribution >= 4 is 28.4 Å². The fourth-order valence-corrected chi connectivity index (χ4v) is 9.61. The second-order valence-corrected chi connectivity index (χ2v) is 13.3. The van der Waals surface area contributed by atoms with E-state index >= 15 is 0 Å². The number of halogens is 1. The highest BCUT2D eigenvalue weighted by molar-refractivity contribution is 14.1. The summed E-state index contributed by atoms with van der Waals surface area (Å²) in [7, 11) is 0. The molecule has 0 N–H and O–H groups in total. The molecule has 29 heavy (non-hydrogen) atoms. The van der Waals surface area contributed by atoms with E-state index in [1.807, 2.05) is 0 Å². The van der Waals surface area contributed by atoms with Crippen LogP contribution in [0.15, 0.2) is 9.66 Å². The van der Waals surface area contributed by atoms with Gasteiger partial charge in [-0.1, -0.05) is 60.0 Å². The van der Waals surface area contributed by atoms with Gasteiger partial charge in [0.2, 0.25) is 0 Å². The fraction of sp³-hybridized carbons (Fsp3) is 0.889. The number of hydrogen-bond donors (Lipinski definition) is 0. The Bertz CT molecular complexity index is 665. The average Bonchev–Trinajstić information content (AvgIpc) is 3.00. The molecule has 0 radical (unpaired) electrons. The Kier molecular flexibility index (Phi) is 6.35. The summed E-state index contributed by atoms with van der Waals surface area (Å²) in [4.78, 5) is 12.4. The topological polar surface area (TPSA) is 17.1 Å². The van der Waals surface area contributed by atoms with Crippen LogP contribution in [0.1, 0.15) is 98.8 Å². The van der Waals surface area contributed by atoms with Crippen molar-refractivity contribution < 1.29 is 4.79 Å². The summed E-state index contributed by atoms with van der Waals surface area (Å²) in [6, 6.07) is 0. The third-order valence-corrected chi connectivity index (χ3v) is 11.2. The molecule has 8 atom stereocenters. The molecule has 0 aromatic rings. The minimum Gasteiger partial charge on any atom is -0.294 e. The van der Waals surface area contributed by atoms with Crippen molar-refractivity contribution in [3.63, 3.8) is 0 Å². The number of allylic oxidation sites excluding steroid dienone is 2. The standard InChI is InChI=1S/C27H43IO/c1-17(2)7-6-8-18(3)21-11-12-22-20-10-9-19-15-25(29)24(28)16-27(19,5)23(20)13-14-26(21,22)4/h16-23H,6-15H2,1-5H3/t18-,19+,20+,21-,22+,23+,26-,27+/m1/s1. The van der Waals surface area contributed by atoms with Gasteiger partial charge >= 0.3 is 0 Å². The summed E-state index contributed by atoms with van der Waals surface area (Å²) in [5.74, 6) is 6.33. The Morgan fingerprint density at radius 2 is 1.79 bits per heavy atom. The van der Waals surface area contributed by atoms with Crippen molar-refractivity contribution in [1.29, 1.82) is 0 Å². The SMILES string of the molecule is CC(C)CCC[C@@H](C)[C@H]1CC[C@H]2[C@@H]3CC[C@H]4CC(=O)C(I)=C[C@]4(C)[C@H]3CC[C@]12C. The van der Waals surface area contributed by atoms with Crippen molar-refractivity contribution in [3.05, 3.63) is 9.66 Å². The van der Waals surface area contributed by atoms with Crippen molar-refractivity contribution in [3.8, 4) is 0 Å². The summed E-state index contributed by atoms with van der Waals surface area (Å²) >= 11 is 2.32. The Labute approximate surface area is 193 Å². The van der Waals surface area contributed by atoms with Crippen LogP contribution in [0.2, 0.25) is 0 Å². The molecule has 0 aliphatic heterocycles. The summed E-state index contributed by atoms with van der Waals surface area (Å²) in [6.45, 7) is 12.5. The van der Waals surface area contributed by atoms with Gasteiger partial charge in [0.25, 0.3) is 0 Å². The summed E-state index contributed by atoms with van der Waals surface area (Å²) in [6.07, 6.45) is 15.9. The van der Waals surface area contributed by atoms with Crippen LogP contribution in [-0.2, 0) is 4.79 Å². The average molecular weight is 511 g/mol. The lowest BCUT2D eigenvalue weighted by Crippen LogP contribution is -2.52. The van der Waals surface area contributed by atoms with Crippen LogP contribution in [0.4, 0.5) is 0 Å². The molecule has 4 rings (SSSR count). The third kappa shape index (κ3) is 3.80. The quantitative estimate of drug-likeness (QED) is 0.341. The maximum Gasteiger partial charge on any atom is 0.168 e. The van der Waals surface area contributed by atoms with E-state index in [9.17, 15) is 4.79 Å². The van der Waals surface area contributed by atoms with Crippen LogP contribution in [0, 0.1) is 52.3 Å². The van der Waals surface area contributed by atoms with E-state index in [-0.39, 0.29) is 5.41 Å². The van der Waals surface area contributed by atoms with E-state index in [0.717, 1.165) is 45.5 Å². The van der Waals surface area contributed by atoms with Gasteiger partial charge in [0.1, 0.15) is 0 Å². The lowest BCUT2D eigenvalue weighted by Gasteiger charge is -2.59. The predicted molar refractivity (Wildman–Crippen MR) is 131 cm³/mol. The zero-order valence-electron chi connectivity index (χ0n) is 19.5. The molecule has 1 nitrogen and oxygen atoms in total. The molecule has 4 aliphatic rings. The molecule has 0 bridgehead atoms. The molecule has 3 saturated carbocycles. The first-order valence-electron chi connectivity index (χ1n) is 12.6. The number of ketones is 1. The molecule has 0 aromatic carbocycles. The number of hydrogen-bond acceptors (Lipinski definition) is 1. The first-order valence-corrected chi connectivity index (χ1v) is 13.7. The highest BCUT2D eigenvalue weighted by Crippen LogP contribution is 2.67. The number of fused-ring (bicyclic) bond motifs is 5. The molecule has 2 heteroatoms. The smallest absolute Gasteiger partial charge is 0.168 e. The van der Waals surface area contributed by atoms with E-state index in [1.54, 1.807) is 0 Å². The second-order valence-electron chi connectivity index (χ2n) is 12.2. The molecule has 0 spiro atoms. The first kappa shape index (κ1) is 22.3. The monoisotopic (exact) mass is 510 g/mol. The number of carbonyl (C=O) groups is 1. The lowest BCUT2D eigenvalue weighted by molar-refractivity contribution is -0.123. The van der Waals surface area contributed by atoms with Gasteiger partial charge in [-0.15, -0.1) is 0 Å². The van der Waals surface area contributed by atoms with E-state index in [2.05, 4.69) is 63.3 Å². The summed E-state index contributed by atoms with van der Waals surface area (Å²) < 4.78 is 1.03. The van der Waals surface area contributed by atoms with E-state index in [4.69, 9.17) is 0 Å². The minimum atomic E-state index is 0.273. The Hall–Kier alpha value is 0.140. The molecule has 3 fully saturated rings. The molecule has 4 aliphatic carbocycles. The Morgan fingerprint density at radius 1 is 1.03 bits per heavy atom. The molecule has 0 amide bonds. The maximum atomic E-state index is 12.4. The van der Waals surface area contributed by atoms with Gasteiger partial charge in [0.05, 0.1) is 3.58 Å². The molecule has 0 aromatic heterocycles. The number of Topliss-reactive ketones (excluding diaryl/α,β-unsaturated/α-hetero) is 1. The van der Waals surface area contributed by atoms with Crippen molar-refractivity contribution in [2.45, 2.75) is 98.8 Å². The van der Waals surface area contributed by atoms with Crippen LogP contribution < -0.4 is 0 Å². The van der Waals surface area contributed by atoms with Gasteiger partial charge in [-0.05, 0) is 113 Å². The van der Waals surface area contributed by atoms with E-state index < -0.39 is 0 Å². The van der Waals surface area contributed by atoms with Crippen LogP contribution in [-0.4, -0.2) is 5.78 Å². The van der Waals surface area contributed by atoms with Crippen molar-refractivity contribution in [2.24, 2.45) is 52.3 Å².